The quantitative estimate of drug-likeness (QED) is 0.258. The number of carbonyl (C=O) groups is 4. The van der Waals surface area contributed by atoms with Gasteiger partial charge in [0, 0.05) is 13.0 Å². The molecule has 1 aromatic carbocycles. The van der Waals surface area contributed by atoms with E-state index in [0.29, 0.717) is 12.0 Å². The van der Waals surface area contributed by atoms with Gasteiger partial charge >= 0.3 is 18.0 Å². The molecule has 0 saturated carbocycles. The molecule has 0 saturated heterocycles. The molecule has 0 aromatic heterocycles. The van der Waals surface area contributed by atoms with Crippen molar-refractivity contribution in [3.63, 3.8) is 0 Å². The second kappa shape index (κ2) is 14.1. The summed E-state index contributed by atoms with van der Waals surface area (Å²) < 4.78 is 43.4. The number of aryl methyl sites for hydroxylation is 1. The molecule has 0 fully saturated rings. The maximum Gasteiger partial charge on any atom is 0.407 e. The Bertz CT molecular complexity index is 1090. The highest BCUT2D eigenvalue weighted by molar-refractivity contribution is 7.89. The summed E-state index contributed by atoms with van der Waals surface area (Å²) in [7, 11) is -4.15. The van der Waals surface area contributed by atoms with Gasteiger partial charge in [-0.25, -0.2) is 13.2 Å². The van der Waals surface area contributed by atoms with Crippen molar-refractivity contribution in [1.82, 2.24) is 15.4 Å². The Morgan fingerprint density at radius 1 is 0.974 bits per heavy atom. The molecule has 0 spiro atoms. The number of rotatable bonds is 12. The van der Waals surface area contributed by atoms with Gasteiger partial charge in [-0.3, -0.25) is 14.4 Å². The van der Waals surface area contributed by atoms with Crippen molar-refractivity contribution in [2.45, 2.75) is 84.4 Å². The summed E-state index contributed by atoms with van der Waals surface area (Å²) in [4.78, 5) is 48.5. The summed E-state index contributed by atoms with van der Waals surface area (Å²) in [5.41, 5.74) is -0.978. The van der Waals surface area contributed by atoms with Crippen LogP contribution in [0.2, 0.25) is 0 Å². The summed E-state index contributed by atoms with van der Waals surface area (Å²) in [6, 6.07) is 6.32. The van der Waals surface area contributed by atoms with Crippen LogP contribution in [0.4, 0.5) is 4.79 Å². The van der Waals surface area contributed by atoms with E-state index >= 15 is 0 Å². The molecular formula is C25H39N3O9S. The van der Waals surface area contributed by atoms with Crippen LogP contribution in [0, 0.1) is 5.41 Å². The molecule has 0 aliphatic heterocycles. The maximum atomic E-state index is 13.1. The predicted molar refractivity (Wildman–Crippen MR) is 138 cm³/mol. The van der Waals surface area contributed by atoms with Gasteiger partial charge in [0.25, 0.3) is 0 Å². The van der Waals surface area contributed by atoms with Crippen molar-refractivity contribution in [2.24, 2.45) is 5.41 Å². The number of esters is 2. The van der Waals surface area contributed by atoms with E-state index in [4.69, 9.17) is 14.2 Å². The lowest BCUT2D eigenvalue weighted by Crippen LogP contribution is -2.49. The number of amides is 2. The van der Waals surface area contributed by atoms with Gasteiger partial charge in [0.2, 0.25) is 22.7 Å². The van der Waals surface area contributed by atoms with Gasteiger partial charge in [-0.15, -0.1) is 0 Å². The van der Waals surface area contributed by atoms with Crippen LogP contribution in [0.1, 0.15) is 66.9 Å². The minimum atomic E-state index is -4.15. The van der Waals surface area contributed by atoms with E-state index in [1.54, 1.807) is 66.7 Å². The largest absolute Gasteiger partial charge is 0.444 e. The smallest absolute Gasteiger partial charge is 0.407 e. The highest BCUT2D eigenvalue weighted by atomic mass is 32.2. The lowest BCUT2D eigenvalue weighted by Gasteiger charge is -2.21. The Morgan fingerprint density at radius 2 is 1.61 bits per heavy atom. The molecule has 0 heterocycles. The van der Waals surface area contributed by atoms with Crippen molar-refractivity contribution >= 4 is 34.0 Å². The second-order valence-electron chi connectivity index (χ2n) is 10.4. The van der Waals surface area contributed by atoms with Crippen LogP contribution in [0.3, 0.4) is 0 Å². The molecule has 1 rings (SSSR count). The Balaban J connectivity index is 2.89. The third-order valence-electron chi connectivity index (χ3n) is 4.69. The Kier molecular flexibility index (Phi) is 12.2. The molecule has 1 aromatic rings. The van der Waals surface area contributed by atoms with E-state index in [2.05, 4.69) is 15.4 Å². The van der Waals surface area contributed by atoms with E-state index in [-0.39, 0.29) is 17.9 Å². The van der Waals surface area contributed by atoms with Crippen LogP contribution >= 0.6 is 0 Å². The normalized spacial score (nSPS) is 12.7. The summed E-state index contributed by atoms with van der Waals surface area (Å²) >= 11 is 0. The standard InChI is InChI=1S/C25H39N3O9S/c1-8-17-11-9-10-12-18(17)38(33,34)28-19(15-21(30)35-16-36-22(31)24(2,3)4)27-20(29)13-14-26-23(32)37-25(5,6)7/h9-12,19,28H,8,13-16H2,1-7H3,(H,26,32)(H,27,29). The minimum Gasteiger partial charge on any atom is -0.444 e. The highest BCUT2D eigenvalue weighted by Crippen LogP contribution is 2.17. The highest BCUT2D eigenvalue weighted by Gasteiger charge is 2.27. The van der Waals surface area contributed by atoms with Crippen LogP contribution < -0.4 is 15.4 Å². The third-order valence-corrected chi connectivity index (χ3v) is 6.26. The van der Waals surface area contributed by atoms with E-state index in [9.17, 15) is 27.6 Å². The van der Waals surface area contributed by atoms with Gasteiger partial charge in [-0.05, 0) is 59.6 Å². The number of hydrogen-bond donors (Lipinski definition) is 3. The van der Waals surface area contributed by atoms with E-state index in [1.165, 1.54) is 6.07 Å². The zero-order valence-electron chi connectivity index (χ0n) is 23.0. The van der Waals surface area contributed by atoms with Gasteiger partial charge in [-0.1, -0.05) is 25.1 Å². The van der Waals surface area contributed by atoms with Crippen molar-refractivity contribution in [3.8, 4) is 0 Å². The first kappa shape index (κ1) is 32.8. The molecule has 0 aliphatic rings. The average Bonchev–Trinajstić information content (AvgIpc) is 2.76. The third kappa shape index (κ3) is 12.4. The molecule has 13 heteroatoms. The number of alkyl carbamates (subject to hydrolysis) is 1. The van der Waals surface area contributed by atoms with Crippen LogP contribution in [0.5, 0.6) is 0 Å². The van der Waals surface area contributed by atoms with Crippen molar-refractivity contribution in [3.05, 3.63) is 29.8 Å². The summed E-state index contributed by atoms with van der Waals surface area (Å²) in [6.45, 7) is 11.0. The Labute approximate surface area is 224 Å². The first-order valence-electron chi connectivity index (χ1n) is 12.1. The zero-order valence-corrected chi connectivity index (χ0v) is 23.8. The first-order valence-corrected chi connectivity index (χ1v) is 13.6. The Morgan fingerprint density at radius 3 is 2.18 bits per heavy atom. The molecule has 1 atom stereocenters. The van der Waals surface area contributed by atoms with Crippen LogP contribution in [0.15, 0.2) is 29.2 Å². The van der Waals surface area contributed by atoms with Gasteiger partial charge in [0.1, 0.15) is 11.8 Å². The minimum absolute atomic E-state index is 0.000755. The SMILES string of the molecule is CCc1ccccc1S(=O)(=O)NC(CC(=O)OCOC(=O)C(C)(C)C)NC(=O)CCNC(=O)OC(C)(C)C. The first-order chi connectivity index (χ1) is 17.4. The van der Waals surface area contributed by atoms with Crippen LogP contribution in [0.25, 0.3) is 0 Å². The number of nitrogens with one attached hydrogen (secondary N) is 3. The average molecular weight is 558 g/mol. The van der Waals surface area contributed by atoms with Gasteiger partial charge < -0.3 is 24.8 Å². The van der Waals surface area contributed by atoms with Crippen LogP contribution in [-0.2, 0) is 45.0 Å². The number of ether oxygens (including phenoxy) is 3. The molecule has 3 N–H and O–H groups in total. The molecule has 12 nitrogen and oxygen atoms in total. The maximum absolute atomic E-state index is 13.1. The van der Waals surface area contributed by atoms with E-state index in [0.717, 1.165) is 0 Å². The molecule has 0 aliphatic carbocycles. The van der Waals surface area contributed by atoms with Crippen molar-refractivity contribution in [1.29, 1.82) is 0 Å². The summed E-state index contributed by atoms with van der Waals surface area (Å²) in [5, 5.41) is 4.85. The van der Waals surface area contributed by atoms with E-state index in [1.807, 2.05) is 0 Å². The summed E-state index contributed by atoms with van der Waals surface area (Å²) in [5.74, 6) is -2.16. The lowest BCUT2D eigenvalue weighted by molar-refractivity contribution is -0.173. The Hall–Kier alpha value is -3.19. The number of benzene rings is 1. The molecule has 214 valence electrons. The molecule has 1 unspecified atom stereocenters. The second-order valence-corrected chi connectivity index (χ2v) is 12.1. The number of sulfonamides is 1. The molecule has 2 amide bonds. The number of hydrogen-bond acceptors (Lipinski definition) is 9. The molecular weight excluding hydrogens is 518 g/mol. The number of carbonyl (C=O) groups excluding carboxylic acids is 4. The van der Waals surface area contributed by atoms with Gasteiger partial charge in [0.15, 0.2) is 0 Å². The van der Waals surface area contributed by atoms with Gasteiger partial charge in [0.05, 0.1) is 16.7 Å². The van der Waals surface area contributed by atoms with Crippen molar-refractivity contribution in [2.75, 3.05) is 13.3 Å². The molecule has 38 heavy (non-hydrogen) atoms. The van der Waals surface area contributed by atoms with Gasteiger partial charge in [-0.2, -0.15) is 4.72 Å². The fraction of sp³-hybridized carbons (Fsp3) is 0.600. The van der Waals surface area contributed by atoms with E-state index < -0.39 is 64.4 Å². The molecule has 0 radical (unpaired) electrons. The van der Waals surface area contributed by atoms with Crippen LogP contribution in [-0.4, -0.2) is 57.5 Å². The predicted octanol–water partition coefficient (Wildman–Crippen LogP) is 2.36. The van der Waals surface area contributed by atoms with Crippen molar-refractivity contribution < 1.29 is 41.8 Å². The topological polar surface area (TPSA) is 166 Å². The fourth-order valence-electron chi connectivity index (χ4n) is 2.88. The fourth-order valence-corrected chi connectivity index (χ4v) is 4.34. The monoisotopic (exact) mass is 557 g/mol. The molecule has 0 bridgehead atoms. The lowest BCUT2D eigenvalue weighted by atomic mass is 9.98. The zero-order chi connectivity index (χ0) is 29.1. The summed E-state index contributed by atoms with van der Waals surface area (Å²) in [6.07, 6.45) is -2.48.